The summed E-state index contributed by atoms with van der Waals surface area (Å²) in [6.45, 7) is 0.959. The minimum Gasteiger partial charge on any atom is -0.497 e. The lowest BCUT2D eigenvalue weighted by molar-refractivity contribution is 0.377. The van der Waals surface area contributed by atoms with Crippen molar-refractivity contribution in [2.24, 2.45) is 5.73 Å². The van der Waals surface area contributed by atoms with Crippen molar-refractivity contribution < 1.29 is 9.47 Å². The standard InChI is InChI=1S/C13H22N2O2/c1-15(2)6-5-13(14)10-7-11(16-3)9-12(8-10)17-4/h7-9,13H,5-6,14H2,1-4H3. The quantitative estimate of drug-likeness (QED) is 0.818. The molecule has 4 nitrogen and oxygen atoms in total. The van der Waals surface area contributed by atoms with E-state index in [-0.39, 0.29) is 6.04 Å². The topological polar surface area (TPSA) is 47.7 Å². The number of hydrogen-bond donors (Lipinski definition) is 1. The molecule has 0 aliphatic carbocycles. The van der Waals surface area contributed by atoms with Crippen LogP contribution in [0, 0.1) is 0 Å². The molecule has 1 aromatic carbocycles. The van der Waals surface area contributed by atoms with Crippen LogP contribution in [0.15, 0.2) is 18.2 Å². The Kier molecular flexibility index (Phi) is 5.25. The van der Waals surface area contributed by atoms with Crippen LogP contribution in [-0.4, -0.2) is 39.8 Å². The maximum Gasteiger partial charge on any atom is 0.122 e. The largest absolute Gasteiger partial charge is 0.497 e. The molecule has 0 aliphatic rings. The monoisotopic (exact) mass is 238 g/mol. The van der Waals surface area contributed by atoms with Gasteiger partial charge in [0.2, 0.25) is 0 Å². The zero-order valence-electron chi connectivity index (χ0n) is 11.1. The molecule has 0 radical (unpaired) electrons. The van der Waals surface area contributed by atoms with Gasteiger partial charge in [0.1, 0.15) is 11.5 Å². The fourth-order valence-corrected chi connectivity index (χ4v) is 1.61. The van der Waals surface area contributed by atoms with E-state index in [1.165, 1.54) is 0 Å². The van der Waals surface area contributed by atoms with Crippen LogP contribution in [0.4, 0.5) is 0 Å². The number of hydrogen-bond acceptors (Lipinski definition) is 4. The van der Waals surface area contributed by atoms with Crippen molar-refractivity contribution in [2.45, 2.75) is 12.5 Å². The lowest BCUT2D eigenvalue weighted by atomic mass is 10.0. The molecule has 0 aliphatic heterocycles. The molecule has 0 fully saturated rings. The highest BCUT2D eigenvalue weighted by molar-refractivity contribution is 5.39. The van der Waals surface area contributed by atoms with E-state index in [4.69, 9.17) is 15.2 Å². The Bertz CT molecular complexity index is 331. The molecule has 0 saturated carbocycles. The van der Waals surface area contributed by atoms with E-state index in [0.29, 0.717) is 0 Å². The summed E-state index contributed by atoms with van der Waals surface area (Å²) in [7, 11) is 7.37. The fraction of sp³-hybridized carbons (Fsp3) is 0.538. The van der Waals surface area contributed by atoms with Crippen molar-refractivity contribution >= 4 is 0 Å². The summed E-state index contributed by atoms with van der Waals surface area (Å²) >= 11 is 0. The molecule has 0 spiro atoms. The molecule has 4 heteroatoms. The predicted molar refractivity (Wildman–Crippen MR) is 69.6 cm³/mol. The molecule has 0 bridgehead atoms. The normalized spacial score (nSPS) is 12.6. The van der Waals surface area contributed by atoms with E-state index < -0.39 is 0 Å². The Hall–Kier alpha value is -1.26. The molecule has 17 heavy (non-hydrogen) atoms. The summed E-state index contributed by atoms with van der Waals surface area (Å²) in [5.74, 6) is 1.55. The van der Waals surface area contributed by atoms with Gasteiger partial charge in [-0.1, -0.05) is 0 Å². The van der Waals surface area contributed by atoms with Gasteiger partial charge in [-0.15, -0.1) is 0 Å². The van der Waals surface area contributed by atoms with Gasteiger partial charge in [0, 0.05) is 12.1 Å². The van der Waals surface area contributed by atoms with E-state index in [9.17, 15) is 0 Å². The van der Waals surface area contributed by atoms with E-state index >= 15 is 0 Å². The van der Waals surface area contributed by atoms with Crippen LogP contribution in [0.25, 0.3) is 0 Å². The first-order valence-corrected chi connectivity index (χ1v) is 5.70. The number of ether oxygens (including phenoxy) is 2. The Morgan fingerprint density at radius 2 is 1.65 bits per heavy atom. The minimum atomic E-state index is 0.00130. The van der Waals surface area contributed by atoms with Crippen molar-refractivity contribution in [1.29, 1.82) is 0 Å². The molecular formula is C13H22N2O2. The first kappa shape index (κ1) is 13.8. The van der Waals surface area contributed by atoms with Gasteiger partial charge in [0.25, 0.3) is 0 Å². The predicted octanol–water partition coefficient (Wildman–Crippen LogP) is 1.66. The first-order valence-electron chi connectivity index (χ1n) is 5.70. The summed E-state index contributed by atoms with van der Waals surface area (Å²) in [5.41, 5.74) is 7.20. The van der Waals surface area contributed by atoms with Gasteiger partial charge in [0.05, 0.1) is 14.2 Å². The third-order valence-electron chi connectivity index (χ3n) is 2.69. The minimum absolute atomic E-state index is 0.00130. The van der Waals surface area contributed by atoms with E-state index in [1.54, 1.807) is 14.2 Å². The third kappa shape index (κ3) is 4.24. The maximum absolute atomic E-state index is 6.15. The fourth-order valence-electron chi connectivity index (χ4n) is 1.61. The van der Waals surface area contributed by atoms with Crippen LogP contribution in [-0.2, 0) is 0 Å². The lowest BCUT2D eigenvalue weighted by Gasteiger charge is -2.17. The summed E-state index contributed by atoms with van der Waals surface area (Å²) in [4.78, 5) is 2.12. The average Bonchev–Trinajstić information content (AvgIpc) is 2.34. The average molecular weight is 238 g/mol. The van der Waals surface area contributed by atoms with Crippen LogP contribution in [0.5, 0.6) is 11.5 Å². The molecule has 0 aromatic heterocycles. The number of methoxy groups -OCH3 is 2. The highest BCUT2D eigenvalue weighted by Crippen LogP contribution is 2.26. The molecular weight excluding hydrogens is 216 g/mol. The van der Waals surface area contributed by atoms with Crippen LogP contribution < -0.4 is 15.2 Å². The number of rotatable bonds is 6. The van der Waals surface area contributed by atoms with Gasteiger partial charge in [-0.25, -0.2) is 0 Å². The van der Waals surface area contributed by atoms with E-state index in [1.807, 2.05) is 32.3 Å². The van der Waals surface area contributed by atoms with Crippen molar-refractivity contribution in [3.05, 3.63) is 23.8 Å². The Morgan fingerprint density at radius 1 is 1.12 bits per heavy atom. The van der Waals surface area contributed by atoms with Gasteiger partial charge < -0.3 is 20.1 Å². The van der Waals surface area contributed by atoms with Gasteiger partial charge >= 0.3 is 0 Å². The van der Waals surface area contributed by atoms with E-state index in [0.717, 1.165) is 30.0 Å². The molecule has 96 valence electrons. The smallest absolute Gasteiger partial charge is 0.122 e. The molecule has 0 saturated heterocycles. The van der Waals surface area contributed by atoms with Crippen LogP contribution in [0.2, 0.25) is 0 Å². The van der Waals surface area contributed by atoms with Crippen molar-refractivity contribution in [3.8, 4) is 11.5 Å². The second kappa shape index (κ2) is 6.47. The highest BCUT2D eigenvalue weighted by atomic mass is 16.5. The second-order valence-electron chi connectivity index (χ2n) is 4.34. The number of nitrogens with zero attached hydrogens (tertiary/aromatic N) is 1. The van der Waals surface area contributed by atoms with Crippen molar-refractivity contribution in [2.75, 3.05) is 34.9 Å². The summed E-state index contributed by atoms with van der Waals surface area (Å²) in [6, 6.07) is 5.77. The summed E-state index contributed by atoms with van der Waals surface area (Å²) in [6.07, 6.45) is 0.906. The van der Waals surface area contributed by atoms with Crippen molar-refractivity contribution in [3.63, 3.8) is 0 Å². The molecule has 1 rings (SSSR count). The zero-order valence-corrected chi connectivity index (χ0v) is 11.1. The molecule has 1 aromatic rings. The molecule has 0 heterocycles. The number of nitrogens with two attached hydrogens (primary N) is 1. The molecule has 0 amide bonds. The Morgan fingerprint density at radius 3 is 2.06 bits per heavy atom. The van der Waals surface area contributed by atoms with Crippen LogP contribution in [0.3, 0.4) is 0 Å². The molecule has 2 N–H and O–H groups in total. The van der Waals surface area contributed by atoms with Crippen LogP contribution in [0.1, 0.15) is 18.0 Å². The summed E-state index contributed by atoms with van der Waals surface area (Å²) < 4.78 is 10.5. The maximum atomic E-state index is 6.15. The van der Waals surface area contributed by atoms with Gasteiger partial charge in [-0.05, 0) is 44.8 Å². The van der Waals surface area contributed by atoms with Gasteiger partial charge in [-0.2, -0.15) is 0 Å². The number of benzene rings is 1. The molecule has 1 unspecified atom stereocenters. The SMILES string of the molecule is COc1cc(OC)cc(C(N)CCN(C)C)c1. The summed E-state index contributed by atoms with van der Waals surface area (Å²) in [5, 5.41) is 0. The van der Waals surface area contributed by atoms with E-state index in [2.05, 4.69) is 4.90 Å². The third-order valence-corrected chi connectivity index (χ3v) is 2.69. The Balaban J connectivity index is 2.80. The second-order valence-corrected chi connectivity index (χ2v) is 4.34. The van der Waals surface area contributed by atoms with Crippen LogP contribution >= 0.6 is 0 Å². The van der Waals surface area contributed by atoms with Gasteiger partial charge in [0.15, 0.2) is 0 Å². The van der Waals surface area contributed by atoms with Crippen molar-refractivity contribution in [1.82, 2.24) is 4.90 Å². The first-order chi connectivity index (χ1) is 8.06. The van der Waals surface area contributed by atoms with Gasteiger partial charge in [-0.3, -0.25) is 0 Å². The zero-order chi connectivity index (χ0) is 12.8. The highest BCUT2D eigenvalue weighted by Gasteiger charge is 2.10. The molecule has 1 atom stereocenters. The Labute approximate surface area is 103 Å². The lowest BCUT2D eigenvalue weighted by Crippen LogP contribution is -2.20.